The smallest absolute Gasteiger partial charge is 0.255 e. The number of rotatable bonds is 19. The zero-order chi connectivity index (χ0) is 39.6. The Morgan fingerprint density at radius 1 is 0.732 bits per heavy atom. The highest BCUT2D eigenvalue weighted by molar-refractivity contribution is 6.31. The summed E-state index contributed by atoms with van der Waals surface area (Å²) < 4.78 is 23.5. The number of aliphatic hydroxyl groups excluding tert-OH is 4. The fraction of sp³-hybridized carbons (Fsp3) is 0.381. The number of carbonyl (C=O) groups is 1. The molecule has 56 heavy (non-hydrogen) atoms. The third kappa shape index (κ3) is 9.31. The van der Waals surface area contributed by atoms with Crippen molar-refractivity contribution in [1.82, 2.24) is 5.32 Å². The lowest BCUT2D eigenvalue weighted by Crippen LogP contribution is -2.38. The summed E-state index contributed by atoms with van der Waals surface area (Å²) in [5.74, 6) is 1.91. The second-order valence-corrected chi connectivity index (χ2v) is 14.0. The fourth-order valence-corrected chi connectivity index (χ4v) is 7.11. The van der Waals surface area contributed by atoms with E-state index in [0.717, 1.165) is 48.8 Å². The first-order valence-corrected chi connectivity index (χ1v) is 19.0. The van der Waals surface area contributed by atoms with E-state index in [2.05, 4.69) is 15.8 Å². The van der Waals surface area contributed by atoms with Crippen molar-refractivity contribution in [2.24, 2.45) is 5.16 Å². The topological polar surface area (TPSA) is 181 Å². The van der Waals surface area contributed by atoms with E-state index in [9.17, 15) is 25.2 Å². The van der Waals surface area contributed by atoms with Gasteiger partial charge in [0.05, 0.1) is 65.1 Å². The molecule has 1 amide bonds. The minimum atomic E-state index is -0.453. The second-order valence-electron chi connectivity index (χ2n) is 13.6. The van der Waals surface area contributed by atoms with Crippen LogP contribution in [-0.2, 0) is 31.3 Å². The molecule has 6 N–H and O–H groups in total. The van der Waals surface area contributed by atoms with Gasteiger partial charge in [0.15, 0.2) is 17.6 Å². The van der Waals surface area contributed by atoms with Crippen molar-refractivity contribution in [3.63, 3.8) is 0 Å². The number of oxime groups is 1. The quantitative estimate of drug-likeness (QED) is 0.0575. The molecular weight excluding hydrogens is 742 g/mol. The summed E-state index contributed by atoms with van der Waals surface area (Å²) in [6, 6.07) is 17.9. The molecule has 2 unspecified atom stereocenters. The van der Waals surface area contributed by atoms with Crippen molar-refractivity contribution in [3.05, 3.63) is 110 Å². The van der Waals surface area contributed by atoms with Crippen LogP contribution in [0.4, 0.5) is 5.69 Å². The van der Waals surface area contributed by atoms with E-state index >= 15 is 0 Å². The van der Waals surface area contributed by atoms with Crippen LogP contribution in [0.5, 0.6) is 23.0 Å². The Balaban J connectivity index is 0.942. The molecule has 13 nitrogen and oxygen atoms in total. The summed E-state index contributed by atoms with van der Waals surface area (Å²) in [4.78, 5) is 18.4. The molecule has 0 radical (unpaired) electrons. The van der Waals surface area contributed by atoms with Gasteiger partial charge >= 0.3 is 0 Å². The summed E-state index contributed by atoms with van der Waals surface area (Å²) in [7, 11) is 3.14. The number of methoxy groups -OCH3 is 2. The highest BCUT2D eigenvalue weighted by Gasteiger charge is 2.28. The number of hydrogen-bond donors (Lipinski definition) is 6. The predicted octanol–water partition coefficient (Wildman–Crippen LogP) is 6.45. The molecule has 0 fully saturated rings. The number of ether oxygens (including phenoxy) is 4. The molecule has 2 atom stereocenters. The van der Waals surface area contributed by atoms with Crippen LogP contribution < -0.4 is 29.6 Å². The molecule has 0 saturated heterocycles. The molecule has 0 aliphatic carbocycles. The third-order valence-electron chi connectivity index (χ3n) is 9.97. The fourth-order valence-electron chi connectivity index (χ4n) is 6.94. The van der Waals surface area contributed by atoms with E-state index in [0.29, 0.717) is 86.9 Å². The van der Waals surface area contributed by atoms with Crippen LogP contribution >= 0.6 is 11.6 Å². The number of benzene rings is 4. The maximum atomic E-state index is 12.7. The van der Waals surface area contributed by atoms with E-state index in [1.165, 1.54) is 0 Å². The number of hydrogen-bond acceptors (Lipinski definition) is 12. The minimum Gasteiger partial charge on any atom is -0.493 e. The summed E-state index contributed by atoms with van der Waals surface area (Å²) in [6.45, 7) is -0.0475. The van der Waals surface area contributed by atoms with E-state index in [4.69, 9.17) is 35.4 Å². The van der Waals surface area contributed by atoms with Gasteiger partial charge in [0.1, 0.15) is 11.9 Å². The van der Waals surface area contributed by atoms with Crippen LogP contribution in [0.3, 0.4) is 0 Å². The number of nitrogens with one attached hydrogen (secondary N) is 2. The van der Waals surface area contributed by atoms with Crippen molar-refractivity contribution in [2.45, 2.75) is 77.2 Å². The normalized spacial score (nSPS) is 16.0. The Labute approximate surface area is 330 Å². The molecule has 0 bridgehead atoms. The van der Waals surface area contributed by atoms with Crippen LogP contribution in [0, 0.1) is 0 Å². The van der Waals surface area contributed by atoms with Crippen molar-refractivity contribution >= 4 is 28.9 Å². The summed E-state index contributed by atoms with van der Waals surface area (Å²) in [5.41, 5.74) is 6.37. The Morgan fingerprint density at radius 2 is 1.38 bits per heavy atom. The van der Waals surface area contributed by atoms with Crippen LogP contribution in [-0.4, -0.2) is 59.5 Å². The molecule has 0 aromatic heterocycles. The van der Waals surface area contributed by atoms with Crippen LogP contribution in [0.25, 0.3) is 0 Å². The number of unbranched alkanes of at least 4 members (excludes halogenated alkanes) is 4. The molecule has 2 aliphatic heterocycles. The predicted molar refractivity (Wildman–Crippen MR) is 210 cm³/mol. The molecule has 298 valence electrons. The van der Waals surface area contributed by atoms with E-state index in [1.54, 1.807) is 44.6 Å². The Morgan fingerprint density at radius 3 is 2.02 bits per heavy atom. The third-order valence-corrected chi connectivity index (χ3v) is 10.2. The lowest BCUT2D eigenvalue weighted by atomic mass is 9.93. The van der Waals surface area contributed by atoms with Crippen LogP contribution in [0.2, 0.25) is 5.02 Å². The maximum absolute atomic E-state index is 12.7. The molecule has 0 saturated carbocycles. The average Bonchev–Trinajstić information content (AvgIpc) is 3.73. The maximum Gasteiger partial charge on any atom is 0.255 e. The SMILES string of the molecule is COc1cc(C2=NOC(c3cc(CO)c(CO)c(CO)c3)C2)cc(OC)c1OCCCCCCCOc1ccc(C2NC(=O)c3cc(Cl)ccc3N2)cc1CO. The van der Waals surface area contributed by atoms with Crippen LogP contribution in [0.1, 0.15) is 100 Å². The second kappa shape index (κ2) is 19.2. The van der Waals surface area contributed by atoms with Crippen molar-refractivity contribution in [1.29, 1.82) is 0 Å². The molecule has 4 aromatic carbocycles. The Hall–Kier alpha value is -5.05. The molecule has 0 spiro atoms. The van der Waals surface area contributed by atoms with Gasteiger partial charge in [-0.2, -0.15) is 0 Å². The lowest BCUT2D eigenvalue weighted by Gasteiger charge is -2.28. The number of aliphatic hydroxyl groups is 4. The minimum absolute atomic E-state index is 0.195. The molecule has 2 heterocycles. The summed E-state index contributed by atoms with van der Waals surface area (Å²) in [5, 5.41) is 50.5. The monoisotopic (exact) mass is 789 g/mol. The number of nitrogens with zero attached hydrogens (tertiary/aromatic N) is 1. The zero-order valence-corrected chi connectivity index (χ0v) is 32.2. The summed E-state index contributed by atoms with van der Waals surface area (Å²) >= 11 is 6.05. The Kier molecular flexibility index (Phi) is 13.9. The van der Waals surface area contributed by atoms with Crippen molar-refractivity contribution in [3.8, 4) is 23.0 Å². The first-order chi connectivity index (χ1) is 27.3. The standard InChI is InChI=1S/C42H48ClN3O10/c1-52-38-17-26(35-20-37(56-46-35)27-15-28(21-47)33(24-50)29(16-27)22-48)18-39(53-2)40(38)55-13-7-5-3-4-6-12-54-36-11-8-25(14-30(36)23-49)41-44-34-10-9-31(43)19-32(34)42(51)45-41/h8-11,14-19,37,41,44,47-50H,3-7,12-13,20-24H2,1-2H3,(H,45,51). The van der Waals surface area contributed by atoms with Gasteiger partial charge in [-0.15, -0.1) is 0 Å². The van der Waals surface area contributed by atoms with E-state index < -0.39 is 12.3 Å². The van der Waals surface area contributed by atoms with Gasteiger partial charge in [0, 0.05) is 28.3 Å². The van der Waals surface area contributed by atoms with Gasteiger partial charge in [-0.3, -0.25) is 4.79 Å². The van der Waals surface area contributed by atoms with Gasteiger partial charge < -0.3 is 54.8 Å². The number of carbonyl (C=O) groups excluding carboxylic acids is 1. The number of amides is 1. The average molecular weight is 790 g/mol. The van der Waals surface area contributed by atoms with Gasteiger partial charge in [0.25, 0.3) is 5.91 Å². The number of anilines is 1. The van der Waals surface area contributed by atoms with Gasteiger partial charge in [-0.05, 0) is 95.3 Å². The molecular formula is C42H48ClN3O10. The van der Waals surface area contributed by atoms with Gasteiger partial charge in [-0.1, -0.05) is 42.1 Å². The largest absolute Gasteiger partial charge is 0.493 e. The van der Waals surface area contributed by atoms with Crippen LogP contribution in [0.15, 0.2) is 65.8 Å². The number of halogens is 1. The summed E-state index contributed by atoms with van der Waals surface area (Å²) in [6.07, 6.45) is 4.15. The molecule has 4 aromatic rings. The highest BCUT2D eigenvalue weighted by atomic mass is 35.5. The lowest BCUT2D eigenvalue weighted by molar-refractivity contribution is 0.0853. The number of fused-ring (bicyclic) bond motifs is 1. The zero-order valence-electron chi connectivity index (χ0n) is 31.5. The first-order valence-electron chi connectivity index (χ1n) is 18.6. The van der Waals surface area contributed by atoms with Crippen molar-refractivity contribution in [2.75, 3.05) is 32.8 Å². The molecule has 2 aliphatic rings. The molecule has 14 heteroatoms. The molecule has 6 rings (SSSR count). The Bertz CT molecular complexity index is 1990. The van der Waals surface area contributed by atoms with Gasteiger partial charge in [0.2, 0.25) is 5.75 Å². The highest BCUT2D eigenvalue weighted by Crippen LogP contribution is 2.41. The van der Waals surface area contributed by atoms with Gasteiger partial charge in [-0.25, -0.2) is 0 Å². The van der Waals surface area contributed by atoms with E-state index in [1.807, 2.05) is 30.3 Å². The van der Waals surface area contributed by atoms with Crippen molar-refractivity contribution < 1.29 is 49.0 Å². The van der Waals surface area contributed by atoms with E-state index in [-0.39, 0.29) is 32.3 Å². The first kappa shape index (κ1) is 40.6.